The van der Waals surface area contributed by atoms with Gasteiger partial charge in [0.2, 0.25) is 5.91 Å². The molecule has 0 aliphatic carbocycles. The number of halogens is 8. The van der Waals surface area contributed by atoms with Gasteiger partial charge in [-0.05, 0) is 19.1 Å². The van der Waals surface area contributed by atoms with E-state index in [9.17, 15) is 31.1 Å². The van der Waals surface area contributed by atoms with Gasteiger partial charge in [-0.15, -0.1) is 0 Å². The molecule has 2 heterocycles. The molecule has 1 aromatic carbocycles. The van der Waals surface area contributed by atoms with E-state index in [1.807, 2.05) is 0 Å². The number of carbonyl (C=O) groups excluding carboxylic acids is 1. The Morgan fingerprint density at radius 1 is 1.18 bits per heavy atom. The van der Waals surface area contributed by atoms with Crippen molar-refractivity contribution in [1.29, 1.82) is 0 Å². The second-order valence-electron chi connectivity index (χ2n) is 7.31. The van der Waals surface area contributed by atoms with Gasteiger partial charge in [0.15, 0.2) is 5.69 Å². The van der Waals surface area contributed by atoms with E-state index < -0.39 is 48.1 Å². The Bertz CT molecular complexity index is 1040. The van der Waals surface area contributed by atoms with Crippen molar-refractivity contribution in [2.75, 3.05) is 31.6 Å². The summed E-state index contributed by atoms with van der Waals surface area (Å²) in [7, 11) is 1.37. The van der Waals surface area contributed by atoms with E-state index in [2.05, 4.69) is 5.10 Å². The van der Waals surface area contributed by atoms with Gasteiger partial charge in [-0.2, -0.15) is 31.4 Å². The Morgan fingerprint density at radius 3 is 2.39 bits per heavy atom. The predicted molar refractivity (Wildman–Crippen MR) is 109 cm³/mol. The summed E-state index contributed by atoms with van der Waals surface area (Å²) in [5.41, 5.74) is -1.15. The molecule has 0 radical (unpaired) electrons. The highest BCUT2D eigenvalue weighted by molar-refractivity contribution is 6.32. The van der Waals surface area contributed by atoms with Gasteiger partial charge < -0.3 is 14.5 Å². The molecule has 1 aliphatic rings. The largest absolute Gasteiger partial charge is 0.495 e. The summed E-state index contributed by atoms with van der Waals surface area (Å²) in [6.45, 7) is -0.454. The number of benzene rings is 1. The van der Waals surface area contributed by atoms with E-state index in [1.54, 1.807) is 0 Å². The van der Waals surface area contributed by atoms with Crippen LogP contribution in [-0.2, 0) is 17.5 Å². The number of piperazine rings is 1. The Balaban J connectivity index is 1.83. The second-order valence-corrected chi connectivity index (χ2v) is 8.10. The van der Waals surface area contributed by atoms with Gasteiger partial charge >= 0.3 is 12.4 Å². The normalized spacial score (nSPS) is 17.5. The van der Waals surface area contributed by atoms with E-state index in [0.717, 1.165) is 0 Å². The van der Waals surface area contributed by atoms with Crippen molar-refractivity contribution in [1.82, 2.24) is 14.7 Å². The predicted octanol–water partition coefficient (Wildman–Crippen LogP) is 4.81. The molecular weight excluding hydrogens is 501 g/mol. The Hall–Kier alpha value is -2.34. The lowest BCUT2D eigenvalue weighted by Crippen LogP contribution is -2.61. The Morgan fingerprint density at radius 2 is 1.85 bits per heavy atom. The average molecular weight is 519 g/mol. The summed E-state index contributed by atoms with van der Waals surface area (Å²) >= 11 is 11.6. The molecule has 1 aliphatic heterocycles. The maximum absolute atomic E-state index is 13.8. The van der Waals surface area contributed by atoms with Gasteiger partial charge in [-0.3, -0.25) is 9.48 Å². The number of nitrogens with zero attached hydrogens (tertiary/aromatic N) is 4. The van der Waals surface area contributed by atoms with Gasteiger partial charge in [-0.1, -0.05) is 23.2 Å². The van der Waals surface area contributed by atoms with Gasteiger partial charge in [0, 0.05) is 31.4 Å². The fourth-order valence-corrected chi connectivity index (χ4v) is 3.96. The third-order valence-electron chi connectivity index (χ3n) is 5.27. The van der Waals surface area contributed by atoms with E-state index in [-0.39, 0.29) is 29.6 Å². The highest BCUT2D eigenvalue weighted by Crippen LogP contribution is 2.36. The number of methoxy groups -OCH3 is 1. The van der Waals surface area contributed by atoms with Crippen LogP contribution >= 0.6 is 23.2 Å². The van der Waals surface area contributed by atoms with Crippen molar-refractivity contribution in [3.05, 3.63) is 39.6 Å². The van der Waals surface area contributed by atoms with Crippen LogP contribution < -0.4 is 9.64 Å². The first-order chi connectivity index (χ1) is 15.2. The summed E-state index contributed by atoms with van der Waals surface area (Å²) in [5, 5.41) is 2.87. The molecule has 1 atom stereocenters. The molecule has 1 aromatic heterocycles. The molecule has 182 valence electrons. The summed E-state index contributed by atoms with van der Waals surface area (Å²) in [6.07, 6.45) is -9.64. The van der Waals surface area contributed by atoms with Crippen LogP contribution in [0, 0.1) is 6.92 Å². The van der Waals surface area contributed by atoms with Crippen LogP contribution in [0.4, 0.5) is 32.0 Å². The number of hydrogen-bond donors (Lipinski definition) is 0. The lowest BCUT2D eigenvalue weighted by molar-refractivity contribution is -0.190. The topological polar surface area (TPSA) is 50.6 Å². The van der Waals surface area contributed by atoms with Gasteiger partial charge in [0.1, 0.15) is 18.3 Å². The zero-order chi connectivity index (χ0) is 24.7. The first kappa shape index (κ1) is 25.3. The molecule has 33 heavy (non-hydrogen) atoms. The molecule has 2 aromatic rings. The molecule has 1 unspecified atom stereocenters. The molecule has 0 saturated carbocycles. The molecular formula is C19H18Cl2F6N4O2. The maximum Gasteiger partial charge on any atom is 0.436 e. The van der Waals surface area contributed by atoms with Crippen LogP contribution in [0.5, 0.6) is 5.75 Å². The smallest absolute Gasteiger partial charge is 0.436 e. The molecule has 1 saturated heterocycles. The van der Waals surface area contributed by atoms with Crippen molar-refractivity contribution in [3.63, 3.8) is 0 Å². The highest BCUT2D eigenvalue weighted by Gasteiger charge is 2.48. The van der Waals surface area contributed by atoms with Crippen LogP contribution in [0.3, 0.4) is 0 Å². The number of aromatic nitrogens is 2. The number of amides is 1. The molecule has 0 bridgehead atoms. The summed E-state index contributed by atoms with van der Waals surface area (Å²) < 4.78 is 86.3. The fraction of sp³-hybridized carbons (Fsp3) is 0.474. The van der Waals surface area contributed by atoms with E-state index in [1.165, 1.54) is 37.1 Å². The fourth-order valence-electron chi connectivity index (χ4n) is 3.52. The quantitative estimate of drug-likeness (QED) is 0.545. The van der Waals surface area contributed by atoms with Gasteiger partial charge in [-0.25, -0.2) is 0 Å². The van der Waals surface area contributed by atoms with Crippen LogP contribution in [-0.4, -0.2) is 59.5 Å². The number of ether oxygens (including phenoxy) is 1. The number of rotatable bonds is 4. The lowest BCUT2D eigenvalue weighted by atomic mass is 10.1. The molecule has 1 fully saturated rings. The minimum absolute atomic E-state index is 0.0513. The van der Waals surface area contributed by atoms with Crippen LogP contribution in [0.1, 0.15) is 11.4 Å². The minimum Gasteiger partial charge on any atom is -0.495 e. The van der Waals surface area contributed by atoms with Crippen molar-refractivity contribution in [2.24, 2.45) is 0 Å². The molecule has 0 spiro atoms. The summed E-state index contributed by atoms with van der Waals surface area (Å²) in [4.78, 5) is 14.8. The summed E-state index contributed by atoms with van der Waals surface area (Å²) in [6, 6.07) is 2.32. The van der Waals surface area contributed by atoms with Crippen molar-refractivity contribution in [3.8, 4) is 5.75 Å². The van der Waals surface area contributed by atoms with Crippen LogP contribution in [0.25, 0.3) is 0 Å². The third-order valence-corrected chi connectivity index (χ3v) is 6.03. The molecule has 6 nitrogen and oxygen atoms in total. The monoisotopic (exact) mass is 518 g/mol. The molecule has 14 heteroatoms. The average Bonchev–Trinajstić information content (AvgIpc) is 3.01. The zero-order valence-corrected chi connectivity index (χ0v) is 18.8. The van der Waals surface area contributed by atoms with E-state index >= 15 is 0 Å². The first-order valence-electron chi connectivity index (χ1n) is 9.48. The van der Waals surface area contributed by atoms with E-state index in [4.69, 9.17) is 27.9 Å². The number of hydrogen-bond acceptors (Lipinski definition) is 4. The molecule has 0 N–H and O–H groups in total. The highest BCUT2D eigenvalue weighted by atomic mass is 35.5. The minimum atomic E-state index is -4.87. The third kappa shape index (κ3) is 5.26. The maximum atomic E-state index is 13.8. The Labute approximate surface area is 194 Å². The second kappa shape index (κ2) is 9.13. The first-order valence-corrected chi connectivity index (χ1v) is 10.2. The zero-order valence-electron chi connectivity index (χ0n) is 17.3. The number of anilines is 1. The molecule has 1 amide bonds. The Kier molecular flexibility index (Phi) is 6.99. The van der Waals surface area contributed by atoms with Crippen LogP contribution in [0.2, 0.25) is 10.0 Å². The van der Waals surface area contributed by atoms with Crippen molar-refractivity contribution >= 4 is 34.8 Å². The molecule has 3 rings (SSSR count). The van der Waals surface area contributed by atoms with Crippen LogP contribution in [0.15, 0.2) is 18.2 Å². The SMILES string of the molecule is COc1cc(N2CCN(C(=O)Cn3nc(C(F)(F)F)c(Cl)c3C)C(C(F)(F)F)C2)ccc1Cl. The van der Waals surface area contributed by atoms with Crippen molar-refractivity contribution in [2.45, 2.75) is 31.9 Å². The standard InChI is InChI=1S/C19H18Cl2F6N4O2/c1-10-16(21)17(19(25,26)27)28-31(10)9-15(32)30-6-5-29(8-14(30)18(22,23)24)11-3-4-12(20)13(7-11)33-2/h3-4,7,14H,5-6,8-9H2,1-2H3. The number of carbonyl (C=O) groups is 1. The number of alkyl halides is 6. The van der Waals surface area contributed by atoms with Crippen molar-refractivity contribution < 1.29 is 35.9 Å². The lowest BCUT2D eigenvalue weighted by Gasteiger charge is -2.43. The van der Waals surface area contributed by atoms with Gasteiger partial charge in [0.25, 0.3) is 0 Å². The summed E-state index contributed by atoms with van der Waals surface area (Å²) in [5.74, 6) is -0.746. The van der Waals surface area contributed by atoms with E-state index in [0.29, 0.717) is 15.3 Å². The van der Waals surface area contributed by atoms with Gasteiger partial charge in [0.05, 0.1) is 22.8 Å².